The first-order chi connectivity index (χ1) is 11.1. The Labute approximate surface area is 144 Å². The molecule has 122 valence electrons. The van der Waals surface area contributed by atoms with Crippen LogP contribution in [0.4, 0.5) is 5.69 Å². The van der Waals surface area contributed by atoms with Crippen LogP contribution in [-0.4, -0.2) is 22.6 Å². The van der Waals surface area contributed by atoms with Crippen molar-refractivity contribution in [2.75, 3.05) is 12.3 Å². The smallest absolute Gasteiger partial charge is 0.209 e. The average Bonchev–Trinajstić information content (AvgIpc) is 3.13. The van der Waals surface area contributed by atoms with Gasteiger partial charge < -0.3 is 5.26 Å². The Hall–Kier alpha value is -1.18. The maximum absolute atomic E-state index is 9.88. The number of rotatable bonds is 6. The van der Waals surface area contributed by atoms with Crippen molar-refractivity contribution >= 4 is 34.8 Å². The van der Waals surface area contributed by atoms with Crippen molar-refractivity contribution in [2.24, 2.45) is 0 Å². The minimum Gasteiger partial charge on any atom is -0.691 e. The summed E-state index contributed by atoms with van der Waals surface area (Å²) in [5.74, 6) is 0.655. The molecule has 4 nitrogen and oxygen atoms in total. The predicted octanol–water partition coefficient (Wildman–Crippen LogP) is 3.68. The van der Waals surface area contributed by atoms with E-state index in [2.05, 4.69) is 70.4 Å². The van der Waals surface area contributed by atoms with Gasteiger partial charge in [-0.3, -0.25) is 5.04 Å². The molecule has 1 aromatic heterocycles. The van der Waals surface area contributed by atoms with Crippen LogP contribution >= 0.6 is 23.4 Å². The number of hydrogen-bond acceptors (Lipinski definition) is 5. The van der Waals surface area contributed by atoms with E-state index >= 15 is 0 Å². The molecule has 6 heteroatoms. The van der Waals surface area contributed by atoms with Crippen molar-refractivity contribution in [1.82, 2.24) is 0 Å². The highest BCUT2D eigenvalue weighted by atomic mass is 32.2. The lowest BCUT2D eigenvalue weighted by Crippen LogP contribution is -2.27. The molecule has 3 rings (SSSR count). The van der Waals surface area contributed by atoms with Crippen molar-refractivity contribution < 1.29 is 19.2 Å². The average molecular weight is 349 g/mol. The summed E-state index contributed by atoms with van der Waals surface area (Å²) in [6, 6.07) is 10.9. The van der Waals surface area contributed by atoms with Gasteiger partial charge in [-0.1, -0.05) is 6.07 Å². The van der Waals surface area contributed by atoms with E-state index in [1.165, 1.54) is 27.4 Å². The number of thiophene rings is 1. The molecule has 0 bridgehead atoms. The summed E-state index contributed by atoms with van der Waals surface area (Å²) in [5, 5.41) is 15.4. The fourth-order valence-corrected chi connectivity index (χ4v) is 4.14. The van der Waals surface area contributed by atoms with Crippen molar-refractivity contribution in [3.05, 3.63) is 41.3 Å². The van der Waals surface area contributed by atoms with Crippen LogP contribution < -0.4 is 5.26 Å². The molecule has 2 aromatic rings. The van der Waals surface area contributed by atoms with Gasteiger partial charge in [0.15, 0.2) is 12.3 Å². The summed E-state index contributed by atoms with van der Waals surface area (Å²) in [6.45, 7) is 7.45. The van der Waals surface area contributed by atoms with Crippen LogP contribution in [0.25, 0.3) is 10.4 Å². The van der Waals surface area contributed by atoms with Gasteiger partial charge in [-0.15, -0.1) is 11.3 Å². The third-order valence-corrected chi connectivity index (χ3v) is 5.97. The van der Waals surface area contributed by atoms with Crippen molar-refractivity contribution in [3.63, 3.8) is 0 Å². The molecule has 0 N–H and O–H groups in total. The molecule has 1 aromatic carbocycles. The molecule has 2 heterocycles. The van der Waals surface area contributed by atoms with Gasteiger partial charge in [0.2, 0.25) is 5.69 Å². The van der Waals surface area contributed by atoms with E-state index in [0.717, 1.165) is 18.6 Å². The molecule has 1 aliphatic heterocycles. The molecule has 1 aliphatic rings. The highest BCUT2D eigenvalue weighted by molar-refractivity contribution is 7.94. The molecule has 0 atom stereocenters. The van der Waals surface area contributed by atoms with Crippen molar-refractivity contribution in [2.45, 2.75) is 26.2 Å². The van der Waals surface area contributed by atoms with Crippen molar-refractivity contribution in [3.8, 4) is 10.4 Å². The molecule has 23 heavy (non-hydrogen) atoms. The van der Waals surface area contributed by atoms with Gasteiger partial charge in [-0.2, -0.15) is 8.91 Å². The Bertz CT molecular complexity index is 723. The second kappa shape index (κ2) is 6.75. The van der Waals surface area contributed by atoms with Crippen LogP contribution in [0.5, 0.6) is 0 Å². The summed E-state index contributed by atoms with van der Waals surface area (Å²) < 4.78 is 6.66. The van der Waals surface area contributed by atoms with Crippen LogP contribution in [0.1, 0.15) is 26.3 Å². The van der Waals surface area contributed by atoms with Gasteiger partial charge in [0.25, 0.3) is 0 Å². The standard InChI is InChI=1S/C17H19NO3S2/c1-12-17(2,3)14-11-13(16-5-4-9-22-16)6-7-15(14)18(12)8-10-23-21-20-19/h4-7,9,11H,8,10H2,1-3H3. The van der Waals surface area contributed by atoms with Crippen LogP contribution in [0.15, 0.2) is 35.7 Å². The maximum atomic E-state index is 9.88. The number of fused-ring (bicyclic) bond motifs is 1. The highest BCUT2D eigenvalue weighted by Gasteiger charge is 2.42. The van der Waals surface area contributed by atoms with E-state index in [0.29, 0.717) is 5.75 Å². The maximum Gasteiger partial charge on any atom is 0.209 e. The zero-order chi connectivity index (χ0) is 16.4. The van der Waals surface area contributed by atoms with Gasteiger partial charge in [-0.25, -0.2) is 0 Å². The Kier molecular flexibility index (Phi) is 4.89. The molecular weight excluding hydrogens is 330 g/mol. The highest BCUT2D eigenvalue weighted by Crippen LogP contribution is 2.42. The molecular formula is C17H19NO3S2. The third kappa shape index (κ3) is 3.09. The molecule has 0 aliphatic carbocycles. The van der Waals surface area contributed by atoms with Gasteiger partial charge in [0, 0.05) is 35.5 Å². The summed E-state index contributed by atoms with van der Waals surface area (Å²) in [4.78, 5) is 1.29. The monoisotopic (exact) mass is 349 g/mol. The fourth-order valence-electron chi connectivity index (χ4n) is 3.05. The molecule has 0 saturated carbocycles. The predicted molar refractivity (Wildman–Crippen MR) is 92.9 cm³/mol. The Balaban J connectivity index is 1.92. The Morgan fingerprint density at radius 1 is 1.30 bits per heavy atom. The minimum absolute atomic E-state index is 0.0108. The van der Waals surface area contributed by atoms with E-state index in [4.69, 9.17) is 0 Å². The van der Waals surface area contributed by atoms with Crippen LogP contribution in [0.3, 0.4) is 0 Å². The number of benzene rings is 1. The minimum atomic E-state index is -0.0108. The zero-order valence-electron chi connectivity index (χ0n) is 13.4. The lowest BCUT2D eigenvalue weighted by Gasteiger charge is -2.15. The lowest BCUT2D eigenvalue weighted by atomic mass is 9.81. The first kappa shape index (κ1) is 16.7. The van der Waals surface area contributed by atoms with Crippen LogP contribution in [0.2, 0.25) is 0 Å². The topological polar surface area (TPSA) is 44.5 Å². The van der Waals surface area contributed by atoms with E-state index in [-0.39, 0.29) is 5.41 Å². The largest absolute Gasteiger partial charge is 0.691 e. The fraction of sp³-hybridized carbons (Fsp3) is 0.353. The normalized spacial score (nSPS) is 16.0. The second-order valence-corrected chi connectivity index (χ2v) is 7.76. The van der Waals surface area contributed by atoms with Gasteiger partial charge in [0.1, 0.15) is 0 Å². The Morgan fingerprint density at radius 3 is 2.83 bits per heavy atom. The summed E-state index contributed by atoms with van der Waals surface area (Å²) in [6.07, 6.45) is 0. The van der Waals surface area contributed by atoms with E-state index < -0.39 is 0 Å². The molecule has 0 unspecified atom stereocenters. The van der Waals surface area contributed by atoms with E-state index in [1.54, 1.807) is 11.3 Å². The number of nitrogens with zero attached hydrogens (tertiary/aromatic N) is 1. The van der Waals surface area contributed by atoms with Gasteiger partial charge in [0.05, 0.1) is 11.2 Å². The van der Waals surface area contributed by atoms with Crippen LogP contribution in [-0.2, 0) is 14.8 Å². The molecule has 0 saturated heterocycles. The second-order valence-electron chi connectivity index (χ2n) is 6.03. The quantitative estimate of drug-likeness (QED) is 0.262. The summed E-state index contributed by atoms with van der Waals surface area (Å²) >= 11 is 2.79. The molecule has 0 fully saturated rings. The lowest BCUT2D eigenvalue weighted by molar-refractivity contribution is -0.777. The first-order valence-electron chi connectivity index (χ1n) is 7.44. The molecule has 0 radical (unpaired) electrons. The summed E-state index contributed by atoms with van der Waals surface area (Å²) in [7, 11) is 0. The van der Waals surface area contributed by atoms with Crippen LogP contribution in [0, 0.1) is 0 Å². The number of hydrogen-bond donors (Lipinski definition) is 0. The van der Waals surface area contributed by atoms with Crippen molar-refractivity contribution in [1.29, 1.82) is 0 Å². The first-order valence-corrected chi connectivity index (χ1v) is 9.23. The van der Waals surface area contributed by atoms with E-state index in [9.17, 15) is 5.26 Å². The summed E-state index contributed by atoms with van der Waals surface area (Å²) in [5.41, 5.74) is 5.13. The molecule has 0 amide bonds. The third-order valence-electron chi connectivity index (χ3n) is 4.55. The SMILES string of the molecule is CC1=[N+](CCSOO[O-])c2ccc(-c3cccs3)cc2C1(C)C. The van der Waals surface area contributed by atoms with E-state index in [1.807, 2.05) is 0 Å². The molecule has 0 spiro atoms. The van der Waals surface area contributed by atoms with Gasteiger partial charge in [-0.05, 0) is 43.0 Å². The van der Waals surface area contributed by atoms with Gasteiger partial charge >= 0.3 is 0 Å². The Morgan fingerprint density at radius 2 is 2.13 bits per heavy atom. The zero-order valence-corrected chi connectivity index (χ0v) is 15.0.